The van der Waals surface area contributed by atoms with E-state index in [1.54, 1.807) is 0 Å². The fourth-order valence-electron chi connectivity index (χ4n) is 4.00. The van der Waals surface area contributed by atoms with E-state index in [0.717, 1.165) is 19.3 Å². The van der Waals surface area contributed by atoms with Crippen LogP contribution in [0.15, 0.2) is 11.1 Å². The van der Waals surface area contributed by atoms with Crippen LogP contribution in [0.2, 0.25) is 0 Å². The van der Waals surface area contributed by atoms with Gasteiger partial charge in [0.2, 0.25) is 0 Å². The van der Waals surface area contributed by atoms with E-state index in [-0.39, 0.29) is 11.8 Å². The third-order valence-electron chi connectivity index (χ3n) is 4.51. The van der Waals surface area contributed by atoms with E-state index < -0.39 is 11.9 Å². The van der Waals surface area contributed by atoms with Gasteiger partial charge >= 0.3 is 11.9 Å². The van der Waals surface area contributed by atoms with Crippen molar-refractivity contribution in [2.24, 2.45) is 23.7 Å². The summed E-state index contributed by atoms with van der Waals surface area (Å²) in [5, 5.41) is 9.16. The van der Waals surface area contributed by atoms with Gasteiger partial charge in [-0.25, -0.2) is 9.59 Å². The number of hydrogen-bond acceptors (Lipinski definition) is 3. The molecule has 4 nitrogen and oxygen atoms in total. The van der Waals surface area contributed by atoms with E-state index in [9.17, 15) is 9.59 Å². The summed E-state index contributed by atoms with van der Waals surface area (Å²) in [5.74, 6) is -0.0512. The van der Waals surface area contributed by atoms with Crippen LogP contribution in [0, 0.1) is 23.7 Å². The molecule has 4 atom stereocenters. The first-order valence-electron chi connectivity index (χ1n) is 5.70. The largest absolute Gasteiger partial charge is 0.478 e. The highest BCUT2D eigenvalue weighted by molar-refractivity contribution is 6.04. The van der Waals surface area contributed by atoms with E-state index in [1.165, 1.54) is 7.11 Å². The molecule has 2 bridgehead atoms. The molecular weight excluding hydrogens is 208 g/mol. The van der Waals surface area contributed by atoms with E-state index in [2.05, 4.69) is 0 Å². The molecule has 3 aliphatic carbocycles. The Hall–Kier alpha value is -1.32. The molecule has 0 aromatic heterocycles. The van der Waals surface area contributed by atoms with Gasteiger partial charge in [0.05, 0.1) is 18.3 Å². The number of carboxylic acids is 1. The van der Waals surface area contributed by atoms with Crippen molar-refractivity contribution in [2.45, 2.75) is 19.3 Å². The average Bonchev–Trinajstić information content (AvgIpc) is 2.73. The van der Waals surface area contributed by atoms with Crippen LogP contribution in [0.1, 0.15) is 19.3 Å². The Morgan fingerprint density at radius 3 is 2.25 bits per heavy atom. The molecule has 0 amide bonds. The fourth-order valence-corrected chi connectivity index (χ4v) is 4.00. The lowest BCUT2D eigenvalue weighted by Gasteiger charge is -2.41. The van der Waals surface area contributed by atoms with Crippen molar-refractivity contribution >= 4 is 11.9 Å². The van der Waals surface area contributed by atoms with Gasteiger partial charge in [0.25, 0.3) is 0 Å². The van der Waals surface area contributed by atoms with Crippen LogP contribution in [0.5, 0.6) is 0 Å². The van der Waals surface area contributed by atoms with Gasteiger partial charge in [-0.1, -0.05) is 0 Å². The SMILES string of the molecule is COC(=O)C1=C(C(=O)O)[C@@H]2[C@H]3CC[C@H](C3)[C@H]12. The van der Waals surface area contributed by atoms with Crippen molar-refractivity contribution < 1.29 is 19.4 Å². The Morgan fingerprint density at radius 1 is 1.19 bits per heavy atom. The second kappa shape index (κ2) is 3.09. The molecule has 0 aromatic carbocycles. The number of carbonyl (C=O) groups is 2. The molecule has 0 saturated heterocycles. The Morgan fingerprint density at radius 2 is 1.75 bits per heavy atom. The zero-order valence-electron chi connectivity index (χ0n) is 9.10. The maximum atomic E-state index is 11.6. The van der Waals surface area contributed by atoms with E-state index in [0.29, 0.717) is 23.0 Å². The zero-order valence-corrected chi connectivity index (χ0v) is 9.10. The summed E-state index contributed by atoms with van der Waals surface area (Å²) in [5.41, 5.74) is 0.788. The lowest BCUT2D eigenvalue weighted by Crippen LogP contribution is -2.42. The molecule has 0 radical (unpaired) electrons. The van der Waals surface area contributed by atoms with Gasteiger partial charge < -0.3 is 9.84 Å². The molecule has 0 aliphatic heterocycles. The molecule has 0 aromatic rings. The number of rotatable bonds is 2. The van der Waals surface area contributed by atoms with Crippen LogP contribution in [0.25, 0.3) is 0 Å². The first kappa shape index (κ1) is 9.87. The number of ether oxygens (including phenoxy) is 1. The summed E-state index contributed by atoms with van der Waals surface area (Å²) in [6.45, 7) is 0. The molecule has 0 heterocycles. The van der Waals surface area contributed by atoms with Gasteiger partial charge in [-0.15, -0.1) is 0 Å². The minimum absolute atomic E-state index is 0.130. The number of aliphatic carboxylic acids is 1. The van der Waals surface area contributed by atoms with Gasteiger partial charge in [0.15, 0.2) is 0 Å². The van der Waals surface area contributed by atoms with Crippen molar-refractivity contribution in [3.8, 4) is 0 Å². The summed E-state index contributed by atoms with van der Waals surface area (Å²) >= 11 is 0. The molecular formula is C12H14O4. The zero-order chi connectivity index (χ0) is 11.4. The molecule has 86 valence electrons. The normalized spacial score (nSPS) is 39.3. The first-order chi connectivity index (χ1) is 7.65. The van der Waals surface area contributed by atoms with Crippen LogP contribution in [-0.2, 0) is 14.3 Å². The van der Waals surface area contributed by atoms with Crippen LogP contribution in [-0.4, -0.2) is 24.2 Å². The van der Waals surface area contributed by atoms with Crippen molar-refractivity contribution in [1.82, 2.24) is 0 Å². The summed E-state index contributed by atoms with van der Waals surface area (Å²) in [6, 6.07) is 0. The Balaban J connectivity index is 2.02. The molecule has 3 aliphatic rings. The summed E-state index contributed by atoms with van der Waals surface area (Å²) in [6.07, 6.45) is 3.35. The smallest absolute Gasteiger partial charge is 0.334 e. The maximum absolute atomic E-state index is 11.6. The van der Waals surface area contributed by atoms with Crippen molar-refractivity contribution in [3.05, 3.63) is 11.1 Å². The highest BCUT2D eigenvalue weighted by Gasteiger charge is 2.60. The molecule has 1 N–H and O–H groups in total. The second-order valence-corrected chi connectivity index (χ2v) is 5.01. The first-order valence-corrected chi connectivity index (χ1v) is 5.70. The number of carbonyl (C=O) groups excluding carboxylic acids is 1. The predicted molar refractivity (Wildman–Crippen MR) is 54.5 cm³/mol. The third-order valence-corrected chi connectivity index (χ3v) is 4.51. The van der Waals surface area contributed by atoms with Crippen LogP contribution in [0.4, 0.5) is 0 Å². The van der Waals surface area contributed by atoms with Gasteiger partial charge in [0.1, 0.15) is 0 Å². The van der Waals surface area contributed by atoms with Gasteiger partial charge in [-0.3, -0.25) is 0 Å². The lowest BCUT2D eigenvalue weighted by atomic mass is 9.61. The predicted octanol–water partition coefficient (Wildman–Crippen LogP) is 1.22. The highest BCUT2D eigenvalue weighted by atomic mass is 16.5. The highest BCUT2D eigenvalue weighted by Crippen LogP contribution is 2.63. The number of hydrogen-bond donors (Lipinski definition) is 1. The number of fused-ring (bicyclic) bond motifs is 5. The number of esters is 1. The minimum atomic E-state index is -0.936. The minimum Gasteiger partial charge on any atom is -0.478 e. The number of methoxy groups -OCH3 is 1. The van der Waals surface area contributed by atoms with E-state index in [1.807, 2.05) is 0 Å². The van der Waals surface area contributed by atoms with E-state index in [4.69, 9.17) is 9.84 Å². The van der Waals surface area contributed by atoms with Crippen molar-refractivity contribution in [2.75, 3.05) is 7.11 Å². The molecule has 2 saturated carbocycles. The Bertz CT molecular complexity index is 409. The summed E-state index contributed by atoms with van der Waals surface area (Å²) in [4.78, 5) is 22.8. The molecule has 16 heavy (non-hydrogen) atoms. The second-order valence-electron chi connectivity index (χ2n) is 5.01. The van der Waals surface area contributed by atoms with Gasteiger partial charge in [0, 0.05) is 11.8 Å². The average molecular weight is 222 g/mol. The lowest BCUT2D eigenvalue weighted by molar-refractivity contribution is -0.141. The maximum Gasteiger partial charge on any atom is 0.334 e. The molecule has 3 rings (SSSR count). The van der Waals surface area contributed by atoms with Gasteiger partial charge in [-0.2, -0.15) is 0 Å². The molecule has 0 unspecified atom stereocenters. The van der Waals surface area contributed by atoms with Crippen LogP contribution >= 0.6 is 0 Å². The standard InChI is InChI=1S/C12H14O4/c1-16-12(15)10-8-6-3-2-5(4-6)7(8)9(10)11(13)14/h5-8H,2-4H2,1H3,(H,13,14)/t5-,6+,7+,8-/m0/s1. The van der Waals surface area contributed by atoms with Crippen LogP contribution < -0.4 is 0 Å². The topological polar surface area (TPSA) is 63.6 Å². The molecule has 2 fully saturated rings. The molecule has 0 spiro atoms. The Labute approximate surface area is 93.3 Å². The summed E-state index contributed by atoms with van der Waals surface area (Å²) < 4.78 is 4.69. The Kier molecular flexibility index (Phi) is 1.91. The van der Waals surface area contributed by atoms with Crippen molar-refractivity contribution in [3.63, 3.8) is 0 Å². The third kappa shape index (κ3) is 0.996. The summed E-state index contributed by atoms with van der Waals surface area (Å²) in [7, 11) is 1.31. The van der Waals surface area contributed by atoms with Crippen LogP contribution in [0.3, 0.4) is 0 Å². The number of carboxylic acid groups (broad SMARTS) is 1. The van der Waals surface area contributed by atoms with Crippen molar-refractivity contribution in [1.29, 1.82) is 0 Å². The monoisotopic (exact) mass is 222 g/mol. The quantitative estimate of drug-likeness (QED) is 0.713. The van der Waals surface area contributed by atoms with Gasteiger partial charge in [-0.05, 0) is 31.1 Å². The fraction of sp³-hybridized carbons (Fsp3) is 0.667. The van der Waals surface area contributed by atoms with E-state index >= 15 is 0 Å². The molecule has 4 heteroatoms.